The summed E-state index contributed by atoms with van der Waals surface area (Å²) in [4.78, 5) is 4.23. The molecule has 0 aromatic carbocycles. The van der Waals surface area contributed by atoms with E-state index in [9.17, 15) is 5.11 Å². The fourth-order valence-corrected chi connectivity index (χ4v) is 1.39. The molecule has 16 heavy (non-hydrogen) atoms. The molecule has 0 fully saturated rings. The van der Waals surface area contributed by atoms with Crippen molar-refractivity contribution in [3.05, 3.63) is 24.7 Å². The average Bonchev–Trinajstić information content (AvgIpc) is 2.75. The molecule has 2 heterocycles. The topological polar surface area (TPSA) is 62.5 Å². The lowest BCUT2D eigenvalue weighted by molar-refractivity contribution is 0.0697. The van der Waals surface area contributed by atoms with Gasteiger partial charge in [0, 0.05) is 18.9 Å². The SMILES string of the molecule is CCC(C)(O)CNc1nccn2nccc12. The van der Waals surface area contributed by atoms with Gasteiger partial charge in [0.15, 0.2) is 5.82 Å². The molecule has 0 aliphatic carbocycles. The van der Waals surface area contributed by atoms with Gasteiger partial charge in [0.1, 0.15) is 5.52 Å². The second-order valence-corrected chi connectivity index (χ2v) is 4.14. The highest BCUT2D eigenvalue weighted by atomic mass is 16.3. The quantitative estimate of drug-likeness (QED) is 0.815. The molecular weight excluding hydrogens is 204 g/mol. The summed E-state index contributed by atoms with van der Waals surface area (Å²) in [6, 6.07) is 1.88. The minimum atomic E-state index is -0.714. The van der Waals surface area contributed by atoms with Crippen LogP contribution in [0.4, 0.5) is 5.82 Å². The second kappa shape index (κ2) is 4.09. The summed E-state index contributed by atoms with van der Waals surface area (Å²) in [6.45, 7) is 4.23. The number of anilines is 1. The Bertz CT molecular complexity index is 478. The Labute approximate surface area is 94.1 Å². The summed E-state index contributed by atoms with van der Waals surface area (Å²) in [5, 5.41) is 17.2. The molecule has 2 N–H and O–H groups in total. The molecule has 1 atom stereocenters. The number of aliphatic hydroxyl groups is 1. The molecule has 5 nitrogen and oxygen atoms in total. The van der Waals surface area contributed by atoms with Crippen molar-refractivity contribution in [1.82, 2.24) is 14.6 Å². The molecule has 1 unspecified atom stereocenters. The van der Waals surface area contributed by atoms with Crippen molar-refractivity contribution in [2.24, 2.45) is 0 Å². The summed E-state index contributed by atoms with van der Waals surface area (Å²) in [5.74, 6) is 0.744. The smallest absolute Gasteiger partial charge is 0.152 e. The van der Waals surface area contributed by atoms with Gasteiger partial charge in [-0.2, -0.15) is 5.10 Å². The molecule has 0 saturated carbocycles. The molecule has 2 rings (SSSR count). The van der Waals surface area contributed by atoms with Gasteiger partial charge in [-0.15, -0.1) is 0 Å². The normalized spacial score (nSPS) is 14.9. The maximum atomic E-state index is 9.89. The first-order valence-corrected chi connectivity index (χ1v) is 5.37. The minimum absolute atomic E-state index is 0.474. The van der Waals surface area contributed by atoms with Crippen LogP contribution in [0.3, 0.4) is 0 Å². The molecule has 0 radical (unpaired) electrons. The zero-order valence-corrected chi connectivity index (χ0v) is 9.51. The van der Waals surface area contributed by atoms with Crippen molar-refractivity contribution in [3.8, 4) is 0 Å². The van der Waals surface area contributed by atoms with E-state index in [2.05, 4.69) is 15.4 Å². The third-order valence-electron chi connectivity index (χ3n) is 2.72. The zero-order chi connectivity index (χ0) is 11.6. The molecule has 0 aliphatic rings. The third kappa shape index (κ3) is 2.14. The van der Waals surface area contributed by atoms with Crippen LogP contribution in [-0.2, 0) is 0 Å². The van der Waals surface area contributed by atoms with E-state index >= 15 is 0 Å². The van der Waals surface area contributed by atoms with Gasteiger partial charge in [0.05, 0.1) is 11.8 Å². The predicted molar refractivity (Wildman–Crippen MR) is 62.4 cm³/mol. The number of nitrogens with zero attached hydrogens (tertiary/aromatic N) is 3. The van der Waals surface area contributed by atoms with Crippen LogP contribution in [0, 0.1) is 0 Å². The highest BCUT2D eigenvalue weighted by Gasteiger charge is 2.17. The summed E-state index contributed by atoms with van der Waals surface area (Å²) < 4.78 is 1.75. The van der Waals surface area contributed by atoms with Crippen LogP contribution in [0.5, 0.6) is 0 Å². The molecule has 0 bridgehead atoms. The summed E-state index contributed by atoms with van der Waals surface area (Å²) >= 11 is 0. The Morgan fingerprint density at radius 3 is 3.06 bits per heavy atom. The zero-order valence-electron chi connectivity index (χ0n) is 9.51. The van der Waals surface area contributed by atoms with Crippen molar-refractivity contribution < 1.29 is 5.11 Å². The average molecular weight is 220 g/mol. The van der Waals surface area contributed by atoms with Gasteiger partial charge in [-0.25, -0.2) is 9.50 Å². The van der Waals surface area contributed by atoms with Crippen LogP contribution in [0.2, 0.25) is 0 Å². The lowest BCUT2D eigenvalue weighted by Crippen LogP contribution is -2.32. The predicted octanol–water partition coefficient (Wildman–Crippen LogP) is 1.30. The number of hydrogen-bond acceptors (Lipinski definition) is 4. The maximum Gasteiger partial charge on any atom is 0.152 e. The van der Waals surface area contributed by atoms with E-state index in [1.165, 1.54) is 0 Å². The molecule has 2 aromatic heterocycles. The number of rotatable bonds is 4. The van der Waals surface area contributed by atoms with Gasteiger partial charge >= 0.3 is 0 Å². The number of hydrogen-bond donors (Lipinski definition) is 2. The summed E-state index contributed by atoms with van der Waals surface area (Å²) in [5.41, 5.74) is 0.198. The minimum Gasteiger partial charge on any atom is -0.388 e. The lowest BCUT2D eigenvalue weighted by Gasteiger charge is -2.21. The largest absolute Gasteiger partial charge is 0.388 e. The van der Waals surface area contributed by atoms with E-state index in [4.69, 9.17) is 0 Å². The summed E-state index contributed by atoms with van der Waals surface area (Å²) in [7, 11) is 0. The Balaban J connectivity index is 2.18. The van der Waals surface area contributed by atoms with Crippen LogP contribution in [-0.4, -0.2) is 31.9 Å². The first-order chi connectivity index (χ1) is 7.62. The Morgan fingerprint density at radius 2 is 2.31 bits per heavy atom. The van der Waals surface area contributed by atoms with Gasteiger partial charge in [-0.3, -0.25) is 0 Å². The fraction of sp³-hybridized carbons (Fsp3) is 0.455. The van der Waals surface area contributed by atoms with Gasteiger partial charge in [0.2, 0.25) is 0 Å². The van der Waals surface area contributed by atoms with Crippen molar-refractivity contribution in [1.29, 1.82) is 0 Å². The highest BCUT2D eigenvalue weighted by Crippen LogP contribution is 2.15. The van der Waals surface area contributed by atoms with E-state index in [0.717, 1.165) is 11.3 Å². The number of aromatic nitrogens is 3. The molecule has 86 valence electrons. The van der Waals surface area contributed by atoms with Gasteiger partial charge < -0.3 is 10.4 Å². The molecule has 0 amide bonds. The van der Waals surface area contributed by atoms with Crippen LogP contribution < -0.4 is 5.32 Å². The van der Waals surface area contributed by atoms with Crippen molar-refractivity contribution in [2.45, 2.75) is 25.9 Å². The number of nitrogens with one attached hydrogen (secondary N) is 1. The maximum absolute atomic E-state index is 9.89. The number of fused-ring (bicyclic) bond motifs is 1. The van der Waals surface area contributed by atoms with E-state index in [1.54, 1.807) is 30.0 Å². The standard InChI is InChI=1S/C11H16N4O/c1-3-11(2,16)8-13-10-9-4-5-14-15(9)7-6-12-10/h4-7,16H,3,8H2,1-2H3,(H,12,13). The van der Waals surface area contributed by atoms with E-state index in [-0.39, 0.29) is 0 Å². The van der Waals surface area contributed by atoms with E-state index < -0.39 is 5.60 Å². The lowest BCUT2D eigenvalue weighted by atomic mass is 10.0. The fourth-order valence-electron chi connectivity index (χ4n) is 1.39. The molecule has 0 saturated heterocycles. The summed E-state index contributed by atoms with van der Waals surface area (Å²) in [6.07, 6.45) is 5.89. The van der Waals surface area contributed by atoms with Crippen molar-refractivity contribution >= 4 is 11.3 Å². The second-order valence-electron chi connectivity index (χ2n) is 4.14. The highest BCUT2D eigenvalue weighted by molar-refractivity contribution is 5.66. The van der Waals surface area contributed by atoms with E-state index in [1.807, 2.05) is 13.0 Å². The molecular formula is C11H16N4O. The van der Waals surface area contributed by atoms with Crippen LogP contribution in [0.25, 0.3) is 5.52 Å². The third-order valence-corrected chi connectivity index (χ3v) is 2.72. The van der Waals surface area contributed by atoms with Crippen LogP contribution in [0.1, 0.15) is 20.3 Å². The Morgan fingerprint density at radius 1 is 1.50 bits per heavy atom. The molecule has 0 aliphatic heterocycles. The van der Waals surface area contributed by atoms with Gasteiger partial charge in [-0.1, -0.05) is 6.92 Å². The van der Waals surface area contributed by atoms with E-state index in [0.29, 0.717) is 13.0 Å². The first kappa shape index (κ1) is 10.9. The molecule has 0 spiro atoms. The van der Waals surface area contributed by atoms with Crippen molar-refractivity contribution in [2.75, 3.05) is 11.9 Å². The Kier molecular flexibility index (Phi) is 2.78. The van der Waals surface area contributed by atoms with Gasteiger partial charge in [-0.05, 0) is 19.4 Å². The van der Waals surface area contributed by atoms with Crippen LogP contribution in [0.15, 0.2) is 24.7 Å². The Hall–Kier alpha value is -1.62. The van der Waals surface area contributed by atoms with Crippen molar-refractivity contribution in [3.63, 3.8) is 0 Å². The monoisotopic (exact) mass is 220 g/mol. The van der Waals surface area contributed by atoms with Crippen LogP contribution >= 0.6 is 0 Å². The molecule has 2 aromatic rings. The molecule has 5 heteroatoms. The van der Waals surface area contributed by atoms with Gasteiger partial charge in [0.25, 0.3) is 0 Å². The first-order valence-electron chi connectivity index (χ1n) is 5.37.